The third kappa shape index (κ3) is 2.81. The Hall–Kier alpha value is -2.90. The molecule has 128 valence electrons. The minimum atomic E-state index is -0.281. The van der Waals surface area contributed by atoms with E-state index in [9.17, 15) is 14.7 Å². The number of hydrogen-bond acceptors (Lipinski definition) is 6. The molecule has 5 nitrogen and oxygen atoms in total. The van der Waals surface area contributed by atoms with Crippen molar-refractivity contribution >= 4 is 56.9 Å². The van der Waals surface area contributed by atoms with Crippen LogP contribution in [0.1, 0.15) is 5.56 Å². The molecule has 1 aromatic heterocycles. The lowest BCUT2D eigenvalue weighted by Gasteiger charge is -2.13. The van der Waals surface area contributed by atoms with Gasteiger partial charge in [-0.3, -0.25) is 14.5 Å². The van der Waals surface area contributed by atoms with Gasteiger partial charge in [0.1, 0.15) is 17.6 Å². The van der Waals surface area contributed by atoms with Gasteiger partial charge in [0, 0.05) is 6.07 Å². The number of nitrogens with zero attached hydrogens (tertiary/aromatic N) is 1. The molecule has 0 unspecified atom stereocenters. The molecule has 0 atom stereocenters. The van der Waals surface area contributed by atoms with Gasteiger partial charge in [0.2, 0.25) is 0 Å². The van der Waals surface area contributed by atoms with Crippen LogP contribution in [0.25, 0.3) is 17.0 Å². The Labute approximate surface area is 157 Å². The average molecular weight is 381 g/mol. The number of carbonyl (C=O) groups is 1. The first-order valence-corrected chi connectivity index (χ1v) is 8.84. The number of fused-ring (bicyclic) bond motifs is 1. The third-order valence-electron chi connectivity index (χ3n) is 3.88. The normalized spacial score (nSPS) is 16.0. The van der Waals surface area contributed by atoms with Gasteiger partial charge in [-0.25, -0.2) is 0 Å². The van der Waals surface area contributed by atoms with Crippen LogP contribution in [0.15, 0.2) is 68.9 Å². The van der Waals surface area contributed by atoms with E-state index in [1.165, 1.54) is 35.4 Å². The fourth-order valence-corrected chi connectivity index (χ4v) is 3.93. The SMILES string of the molecule is O=C1/C(=C/c2coc3cc(O)ccc3c2=O)SC(=S)N1c1ccccc1. The van der Waals surface area contributed by atoms with Gasteiger partial charge in [-0.05, 0) is 30.3 Å². The highest BCUT2D eigenvalue weighted by Gasteiger charge is 2.33. The summed E-state index contributed by atoms with van der Waals surface area (Å²) in [5, 5.41) is 9.81. The summed E-state index contributed by atoms with van der Waals surface area (Å²) in [6.07, 6.45) is 2.76. The minimum absolute atomic E-state index is 0.0112. The van der Waals surface area contributed by atoms with Gasteiger partial charge in [-0.1, -0.05) is 42.2 Å². The molecule has 2 heterocycles. The summed E-state index contributed by atoms with van der Waals surface area (Å²) in [5.41, 5.74) is 0.927. The van der Waals surface area contributed by atoms with Gasteiger partial charge in [-0.15, -0.1) is 0 Å². The minimum Gasteiger partial charge on any atom is -0.508 e. The number of rotatable bonds is 2. The van der Waals surface area contributed by atoms with Crippen molar-refractivity contribution in [1.29, 1.82) is 0 Å². The van der Waals surface area contributed by atoms with E-state index in [0.717, 1.165) is 11.8 Å². The molecular weight excluding hydrogens is 370 g/mol. The Morgan fingerprint density at radius 1 is 1.12 bits per heavy atom. The molecule has 2 aromatic carbocycles. The predicted molar refractivity (Wildman–Crippen MR) is 106 cm³/mol. The molecule has 0 spiro atoms. The lowest BCUT2D eigenvalue weighted by atomic mass is 10.1. The smallest absolute Gasteiger partial charge is 0.270 e. The molecule has 1 fully saturated rings. The summed E-state index contributed by atoms with van der Waals surface area (Å²) in [6, 6.07) is 13.4. The number of thiocarbonyl (C=S) groups is 1. The standard InChI is InChI=1S/C19H11NO4S2/c21-13-6-7-14-15(9-13)24-10-11(17(14)22)8-16-18(23)20(19(25)26-16)12-4-2-1-3-5-12/h1-10,21H/b16-8-. The third-order valence-corrected chi connectivity index (χ3v) is 5.18. The number of thioether (sulfide) groups is 1. The monoisotopic (exact) mass is 381 g/mol. The molecule has 0 radical (unpaired) electrons. The van der Waals surface area contributed by atoms with Crippen LogP contribution in [0.2, 0.25) is 0 Å². The summed E-state index contributed by atoms with van der Waals surface area (Å²) in [4.78, 5) is 27.1. The van der Waals surface area contributed by atoms with E-state index in [1.807, 2.05) is 18.2 Å². The van der Waals surface area contributed by atoms with Crippen LogP contribution in [0, 0.1) is 0 Å². The summed E-state index contributed by atoms with van der Waals surface area (Å²) >= 11 is 6.45. The highest BCUT2D eigenvalue weighted by Crippen LogP contribution is 2.35. The predicted octanol–water partition coefficient (Wildman–Crippen LogP) is 3.90. The molecule has 1 aliphatic rings. The number of aromatic hydroxyl groups is 1. The quantitative estimate of drug-likeness (QED) is 0.536. The second-order valence-electron chi connectivity index (χ2n) is 5.55. The summed E-state index contributed by atoms with van der Waals surface area (Å²) in [7, 11) is 0. The highest BCUT2D eigenvalue weighted by molar-refractivity contribution is 8.27. The van der Waals surface area contributed by atoms with E-state index in [2.05, 4.69) is 0 Å². The number of benzene rings is 2. The molecule has 26 heavy (non-hydrogen) atoms. The van der Waals surface area contributed by atoms with Crippen molar-refractivity contribution < 1.29 is 14.3 Å². The summed E-state index contributed by atoms with van der Waals surface area (Å²) in [5.74, 6) is -0.270. The molecule has 0 saturated carbocycles. The zero-order valence-corrected chi connectivity index (χ0v) is 14.8. The number of anilines is 1. The van der Waals surface area contributed by atoms with Crippen molar-refractivity contribution in [3.8, 4) is 5.75 Å². The van der Waals surface area contributed by atoms with Gasteiger partial charge < -0.3 is 9.52 Å². The fourth-order valence-electron chi connectivity index (χ4n) is 2.64. The zero-order valence-electron chi connectivity index (χ0n) is 13.2. The molecule has 1 saturated heterocycles. The molecule has 0 bridgehead atoms. The number of carbonyl (C=O) groups excluding carboxylic acids is 1. The van der Waals surface area contributed by atoms with Gasteiger partial charge in [0.15, 0.2) is 9.75 Å². The van der Waals surface area contributed by atoms with Crippen molar-refractivity contribution in [1.82, 2.24) is 0 Å². The van der Waals surface area contributed by atoms with Crippen LogP contribution in [0.3, 0.4) is 0 Å². The Morgan fingerprint density at radius 3 is 2.65 bits per heavy atom. The van der Waals surface area contributed by atoms with Crippen LogP contribution >= 0.6 is 24.0 Å². The molecule has 1 N–H and O–H groups in total. The molecule has 1 amide bonds. The Balaban J connectivity index is 1.75. The van der Waals surface area contributed by atoms with Crippen molar-refractivity contribution in [2.75, 3.05) is 4.90 Å². The molecule has 4 rings (SSSR count). The van der Waals surface area contributed by atoms with Crippen molar-refractivity contribution in [2.45, 2.75) is 0 Å². The maximum absolute atomic E-state index is 12.7. The highest BCUT2D eigenvalue weighted by atomic mass is 32.2. The van der Waals surface area contributed by atoms with Gasteiger partial charge in [-0.2, -0.15) is 0 Å². The molecule has 0 aliphatic carbocycles. The van der Waals surface area contributed by atoms with E-state index >= 15 is 0 Å². The molecule has 1 aliphatic heterocycles. The second kappa shape index (κ2) is 6.44. The van der Waals surface area contributed by atoms with Gasteiger partial charge in [0.05, 0.1) is 21.5 Å². The maximum Gasteiger partial charge on any atom is 0.270 e. The lowest BCUT2D eigenvalue weighted by molar-refractivity contribution is -0.113. The van der Waals surface area contributed by atoms with Crippen molar-refractivity contribution in [2.24, 2.45) is 0 Å². The number of hydrogen-bond donors (Lipinski definition) is 1. The van der Waals surface area contributed by atoms with Gasteiger partial charge >= 0.3 is 0 Å². The van der Waals surface area contributed by atoms with E-state index in [1.54, 1.807) is 12.1 Å². The fraction of sp³-hybridized carbons (Fsp3) is 0. The van der Waals surface area contributed by atoms with Crippen LogP contribution in [-0.4, -0.2) is 15.3 Å². The Kier molecular flexibility index (Phi) is 4.10. The lowest BCUT2D eigenvalue weighted by Crippen LogP contribution is -2.27. The van der Waals surface area contributed by atoms with Crippen molar-refractivity contribution in [3.05, 3.63) is 75.5 Å². The Bertz CT molecular complexity index is 1140. The van der Waals surface area contributed by atoms with E-state index in [-0.39, 0.29) is 28.2 Å². The first-order valence-electron chi connectivity index (χ1n) is 7.62. The second-order valence-corrected chi connectivity index (χ2v) is 7.23. The first-order chi connectivity index (χ1) is 12.5. The molecule has 3 aromatic rings. The average Bonchev–Trinajstić information content (AvgIpc) is 2.91. The molecular formula is C19H11NO4S2. The Morgan fingerprint density at radius 2 is 1.88 bits per heavy atom. The molecule has 7 heteroatoms. The van der Waals surface area contributed by atoms with E-state index in [0.29, 0.717) is 20.3 Å². The van der Waals surface area contributed by atoms with Gasteiger partial charge in [0.25, 0.3) is 5.91 Å². The number of para-hydroxylation sites is 1. The van der Waals surface area contributed by atoms with Crippen LogP contribution in [0.5, 0.6) is 5.75 Å². The van der Waals surface area contributed by atoms with E-state index < -0.39 is 0 Å². The number of amides is 1. The summed E-state index contributed by atoms with van der Waals surface area (Å²) < 4.78 is 5.82. The topological polar surface area (TPSA) is 70.7 Å². The first kappa shape index (κ1) is 16.6. The summed E-state index contributed by atoms with van der Waals surface area (Å²) in [6.45, 7) is 0. The number of phenolic OH excluding ortho intramolecular Hbond substituents is 1. The maximum atomic E-state index is 12.7. The van der Waals surface area contributed by atoms with E-state index in [4.69, 9.17) is 16.6 Å². The van der Waals surface area contributed by atoms with Crippen LogP contribution < -0.4 is 10.3 Å². The van der Waals surface area contributed by atoms with Crippen molar-refractivity contribution in [3.63, 3.8) is 0 Å². The number of phenols is 1. The van der Waals surface area contributed by atoms with Crippen LogP contribution in [-0.2, 0) is 4.79 Å². The van der Waals surface area contributed by atoms with Crippen LogP contribution in [0.4, 0.5) is 5.69 Å². The zero-order chi connectivity index (χ0) is 18.3. The largest absolute Gasteiger partial charge is 0.508 e.